The SMILES string of the molecule is CCCCCC[C@@](O)(CN1CCNC1)c1ccc(Cl)cc1Cl. The molecule has 0 aliphatic carbocycles. The molecule has 1 atom stereocenters. The minimum atomic E-state index is -0.915. The van der Waals surface area contributed by atoms with Crippen molar-refractivity contribution in [1.29, 1.82) is 0 Å². The van der Waals surface area contributed by atoms with Crippen LogP contribution in [0.5, 0.6) is 0 Å². The molecular weight excluding hydrogens is 319 g/mol. The second-order valence-electron chi connectivity index (χ2n) is 6.18. The molecule has 1 aromatic carbocycles. The Labute approximate surface area is 143 Å². The first-order valence-electron chi connectivity index (χ1n) is 8.16. The summed E-state index contributed by atoms with van der Waals surface area (Å²) in [5.41, 5.74) is -0.122. The fourth-order valence-electron chi connectivity index (χ4n) is 3.07. The lowest BCUT2D eigenvalue weighted by atomic mass is 9.87. The molecule has 0 bridgehead atoms. The van der Waals surface area contributed by atoms with Gasteiger partial charge < -0.3 is 10.4 Å². The van der Waals surface area contributed by atoms with Gasteiger partial charge in [-0.25, -0.2) is 0 Å². The zero-order valence-corrected chi connectivity index (χ0v) is 14.8. The first kappa shape index (κ1) is 18.0. The molecule has 0 saturated carbocycles. The second-order valence-corrected chi connectivity index (χ2v) is 7.02. The van der Waals surface area contributed by atoms with Gasteiger partial charge in [0, 0.05) is 41.9 Å². The summed E-state index contributed by atoms with van der Waals surface area (Å²) < 4.78 is 0. The summed E-state index contributed by atoms with van der Waals surface area (Å²) in [5, 5.41) is 15.8. The minimum absolute atomic E-state index is 0.553. The zero-order chi connectivity index (χ0) is 16.0. The first-order chi connectivity index (χ1) is 10.5. The van der Waals surface area contributed by atoms with Gasteiger partial charge in [-0.15, -0.1) is 0 Å². The summed E-state index contributed by atoms with van der Waals surface area (Å²) in [5.74, 6) is 0. The summed E-state index contributed by atoms with van der Waals surface area (Å²) in [7, 11) is 0. The largest absolute Gasteiger partial charge is 0.384 e. The van der Waals surface area contributed by atoms with Gasteiger partial charge in [-0.3, -0.25) is 4.90 Å². The number of aliphatic hydroxyl groups is 1. The van der Waals surface area contributed by atoms with Crippen LogP contribution in [0.4, 0.5) is 0 Å². The monoisotopic (exact) mass is 344 g/mol. The van der Waals surface area contributed by atoms with Gasteiger partial charge in [0.2, 0.25) is 0 Å². The molecule has 2 N–H and O–H groups in total. The second kappa shape index (κ2) is 8.51. The van der Waals surface area contributed by atoms with E-state index >= 15 is 0 Å². The average molecular weight is 345 g/mol. The van der Waals surface area contributed by atoms with Crippen molar-refractivity contribution in [3.63, 3.8) is 0 Å². The molecule has 1 aromatic rings. The lowest BCUT2D eigenvalue weighted by Gasteiger charge is -2.33. The van der Waals surface area contributed by atoms with Crippen LogP contribution in [0, 0.1) is 0 Å². The Morgan fingerprint density at radius 3 is 2.73 bits per heavy atom. The van der Waals surface area contributed by atoms with E-state index in [1.165, 1.54) is 12.8 Å². The third-order valence-corrected chi connectivity index (χ3v) is 4.85. The summed E-state index contributed by atoms with van der Waals surface area (Å²) in [6, 6.07) is 5.40. The highest BCUT2D eigenvalue weighted by Crippen LogP contribution is 2.35. The van der Waals surface area contributed by atoms with Crippen LogP contribution in [0.15, 0.2) is 18.2 Å². The lowest BCUT2D eigenvalue weighted by Crippen LogP contribution is -2.40. The fraction of sp³-hybridized carbons (Fsp3) is 0.647. The third kappa shape index (κ3) is 4.84. The Morgan fingerprint density at radius 1 is 1.27 bits per heavy atom. The van der Waals surface area contributed by atoms with Crippen molar-refractivity contribution in [1.82, 2.24) is 10.2 Å². The molecule has 0 unspecified atom stereocenters. The molecule has 3 nitrogen and oxygen atoms in total. The molecule has 22 heavy (non-hydrogen) atoms. The number of benzene rings is 1. The maximum Gasteiger partial charge on any atom is 0.104 e. The van der Waals surface area contributed by atoms with Gasteiger partial charge in [-0.2, -0.15) is 0 Å². The van der Waals surface area contributed by atoms with Crippen LogP contribution < -0.4 is 5.32 Å². The smallest absolute Gasteiger partial charge is 0.104 e. The maximum absolute atomic E-state index is 11.3. The van der Waals surface area contributed by atoms with E-state index in [1.54, 1.807) is 6.07 Å². The van der Waals surface area contributed by atoms with Gasteiger partial charge in [0.05, 0.1) is 0 Å². The van der Waals surface area contributed by atoms with Crippen LogP contribution in [-0.4, -0.2) is 36.3 Å². The van der Waals surface area contributed by atoms with Crippen LogP contribution in [0.1, 0.15) is 44.6 Å². The molecule has 0 amide bonds. The number of unbranched alkanes of at least 4 members (excludes halogenated alkanes) is 3. The predicted octanol–water partition coefficient (Wildman–Crippen LogP) is 4.01. The van der Waals surface area contributed by atoms with E-state index < -0.39 is 5.60 Å². The van der Waals surface area contributed by atoms with Crippen molar-refractivity contribution in [3.8, 4) is 0 Å². The fourth-order valence-corrected chi connectivity index (χ4v) is 3.65. The first-order valence-corrected chi connectivity index (χ1v) is 8.92. The quantitative estimate of drug-likeness (QED) is 0.699. The van der Waals surface area contributed by atoms with E-state index in [9.17, 15) is 5.11 Å². The van der Waals surface area contributed by atoms with Crippen molar-refractivity contribution in [2.45, 2.75) is 44.6 Å². The van der Waals surface area contributed by atoms with Crippen molar-refractivity contribution in [2.75, 3.05) is 26.3 Å². The number of β-amino-alcohol motifs (C(OH)–C–C–N with tert-alkyl or cyclic N) is 1. The molecule has 1 aliphatic rings. The molecule has 1 fully saturated rings. The van der Waals surface area contributed by atoms with E-state index in [2.05, 4.69) is 17.1 Å². The van der Waals surface area contributed by atoms with Gasteiger partial charge in [-0.05, 0) is 18.6 Å². The van der Waals surface area contributed by atoms with Crippen molar-refractivity contribution < 1.29 is 5.11 Å². The van der Waals surface area contributed by atoms with Crippen molar-refractivity contribution in [2.24, 2.45) is 0 Å². The van der Waals surface area contributed by atoms with E-state index in [1.807, 2.05) is 12.1 Å². The predicted molar refractivity (Wildman–Crippen MR) is 93.6 cm³/mol. The molecule has 1 saturated heterocycles. The number of rotatable bonds is 8. The Hall–Kier alpha value is -0.320. The normalized spacial score (nSPS) is 18.5. The lowest BCUT2D eigenvalue weighted by molar-refractivity contribution is -0.00529. The van der Waals surface area contributed by atoms with Gasteiger partial charge >= 0.3 is 0 Å². The van der Waals surface area contributed by atoms with E-state index in [0.717, 1.165) is 44.6 Å². The topological polar surface area (TPSA) is 35.5 Å². The number of nitrogens with one attached hydrogen (secondary N) is 1. The average Bonchev–Trinajstić information content (AvgIpc) is 2.96. The highest BCUT2D eigenvalue weighted by molar-refractivity contribution is 6.35. The third-order valence-electron chi connectivity index (χ3n) is 4.30. The van der Waals surface area contributed by atoms with Gasteiger partial charge in [0.25, 0.3) is 0 Å². The summed E-state index contributed by atoms with van der Waals surface area (Å²) in [6.07, 6.45) is 5.27. The van der Waals surface area contributed by atoms with Gasteiger partial charge in [0.1, 0.15) is 5.60 Å². The molecule has 5 heteroatoms. The highest BCUT2D eigenvalue weighted by Gasteiger charge is 2.34. The molecule has 0 aromatic heterocycles. The molecule has 1 aliphatic heterocycles. The molecule has 1 heterocycles. The van der Waals surface area contributed by atoms with Crippen LogP contribution in [0.25, 0.3) is 0 Å². The Kier molecular flexibility index (Phi) is 6.97. The van der Waals surface area contributed by atoms with Crippen molar-refractivity contribution >= 4 is 23.2 Å². The Bertz CT molecular complexity index is 478. The van der Waals surface area contributed by atoms with Crippen LogP contribution >= 0.6 is 23.2 Å². The van der Waals surface area contributed by atoms with Crippen LogP contribution in [0.3, 0.4) is 0 Å². The molecule has 2 rings (SSSR count). The number of hydrogen-bond donors (Lipinski definition) is 2. The Balaban J connectivity index is 2.14. The van der Waals surface area contributed by atoms with E-state index in [-0.39, 0.29) is 0 Å². The van der Waals surface area contributed by atoms with Gasteiger partial charge in [0.15, 0.2) is 0 Å². The van der Waals surface area contributed by atoms with E-state index in [4.69, 9.17) is 23.2 Å². The summed E-state index contributed by atoms with van der Waals surface area (Å²) in [4.78, 5) is 2.24. The summed E-state index contributed by atoms with van der Waals surface area (Å²) in [6.45, 7) is 5.55. The van der Waals surface area contributed by atoms with E-state index in [0.29, 0.717) is 16.6 Å². The standard InChI is InChI=1S/C17H26Cl2N2O/c1-2-3-4-5-8-17(22,12-21-10-9-20-13-21)15-7-6-14(18)11-16(15)19/h6-7,11,20,22H,2-5,8-10,12-13H2,1H3/t17-/m1/s1. The minimum Gasteiger partial charge on any atom is -0.384 e. The highest BCUT2D eigenvalue weighted by atomic mass is 35.5. The summed E-state index contributed by atoms with van der Waals surface area (Å²) >= 11 is 12.4. The van der Waals surface area contributed by atoms with Crippen LogP contribution in [0.2, 0.25) is 10.0 Å². The molecule has 0 spiro atoms. The molecule has 124 valence electrons. The van der Waals surface area contributed by atoms with Gasteiger partial charge in [-0.1, -0.05) is 61.9 Å². The van der Waals surface area contributed by atoms with Crippen molar-refractivity contribution in [3.05, 3.63) is 33.8 Å². The number of nitrogens with zero attached hydrogens (tertiary/aromatic N) is 1. The molecule has 0 radical (unpaired) electrons. The number of halogens is 2. The molecular formula is C17H26Cl2N2O. The Morgan fingerprint density at radius 2 is 2.09 bits per heavy atom. The van der Waals surface area contributed by atoms with Crippen LogP contribution in [-0.2, 0) is 5.60 Å². The maximum atomic E-state index is 11.3. The number of hydrogen-bond acceptors (Lipinski definition) is 3. The zero-order valence-electron chi connectivity index (χ0n) is 13.2.